The maximum Gasteiger partial charge on any atom is 0.139 e. The number of nitrogens with one attached hydrogen (secondary N) is 1. The molecule has 2 aliphatic rings. The van der Waals surface area contributed by atoms with Crippen molar-refractivity contribution >= 4 is 21.7 Å². The monoisotopic (exact) mass is 314 g/mol. The number of anilines is 1. The first-order valence-electron chi connectivity index (χ1n) is 6.61. The van der Waals surface area contributed by atoms with Crippen LogP contribution in [0.3, 0.4) is 0 Å². The number of nitrogens with two attached hydrogens (primary N) is 1. The molecule has 3 rings (SSSR count). The molecule has 3 N–H and O–H groups in total. The van der Waals surface area contributed by atoms with Crippen LogP contribution in [0.5, 0.6) is 0 Å². The predicted molar refractivity (Wildman–Crippen MR) is 73.9 cm³/mol. The summed E-state index contributed by atoms with van der Waals surface area (Å²) in [7, 11) is 0. The van der Waals surface area contributed by atoms with Gasteiger partial charge < -0.3 is 15.8 Å². The second kappa shape index (κ2) is 5.19. The van der Waals surface area contributed by atoms with Gasteiger partial charge in [0.25, 0.3) is 0 Å². The summed E-state index contributed by atoms with van der Waals surface area (Å²) in [5.41, 5.74) is 7.00. The van der Waals surface area contributed by atoms with Crippen molar-refractivity contribution in [2.45, 2.75) is 31.2 Å². The lowest BCUT2D eigenvalue weighted by atomic mass is 9.97. The van der Waals surface area contributed by atoms with Crippen molar-refractivity contribution in [2.24, 2.45) is 5.73 Å². The quantitative estimate of drug-likeness (QED) is 0.874. The van der Waals surface area contributed by atoms with Gasteiger partial charge in [-0.25, -0.2) is 4.68 Å². The highest BCUT2D eigenvalue weighted by Crippen LogP contribution is 2.38. The minimum Gasteiger partial charge on any atom is -0.381 e. The van der Waals surface area contributed by atoms with Crippen LogP contribution >= 0.6 is 15.9 Å². The Kier molecular flexibility index (Phi) is 3.59. The Hall–Kier alpha value is -0.590. The molecule has 1 fully saturated rings. The smallest absolute Gasteiger partial charge is 0.139 e. The van der Waals surface area contributed by atoms with Gasteiger partial charge in [-0.2, -0.15) is 5.10 Å². The summed E-state index contributed by atoms with van der Waals surface area (Å²) in [6.45, 7) is 3.30. The van der Waals surface area contributed by atoms with E-state index in [4.69, 9.17) is 15.6 Å². The molecule has 1 saturated heterocycles. The zero-order chi connectivity index (χ0) is 12.5. The molecule has 0 saturated carbocycles. The fraction of sp³-hybridized carbons (Fsp3) is 0.750. The Morgan fingerprint density at radius 1 is 1.39 bits per heavy atom. The van der Waals surface area contributed by atoms with E-state index in [1.165, 1.54) is 5.69 Å². The Balaban J connectivity index is 1.93. The molecule has 0 bridgehead atoms. The van der Waals surface area contributed by atoms with Gasteiger partial charge in [-0.1, -0.05) is 0 Å². The van der Waals surface area contributed by atoms with Gasteiger partial charge in [0.15, 0.2) is 0 Å². The molecule has 0 aliphatic carbocycles. The Labute approximate surface area is 115 Å². The van der Waals surface area contributed by atoms with Crippen molar-refractivity contribution in [3.05, 3.63) is 10.2 Å². The number of nitrogens with zero attached hydrogens (tertiary/aromatic N) is 2. The maximum absolute atomic E-state index is 5.83. The molecule has 2 aliphatic heterocycles. The predicted octanol–water partition coefficient (Wildman–Crippen LogP) is 1.85. The van der Waals surface area contributed by atoms with E-state index in [1.54, 1.807) is 0 Å². The fourth-order valence-electron chi connectivity index (χ4n) is 2.78. The van der Waals surface area contributed by atoms with E-state index < -0.39 is 0 Å². The third-order valence-corrected chi connectivity index (χ3v) is 4.66. The van der Waals surface area contributed by atoms with E-state index in [9.17, 15) is 0 Å². The first-order valence-corrected chi connectivity index (χ1v) is 7.40. The van der Waals surface area contributed by atoms with Crippen LogP contribution in [0, 0.1) is 0 Å². The molecule has 1 unspecified atom stereocenters. The lowest BCUT2D eigenvalue weighted by molar-refractivity contribution is 0.0842. The molecule has 1 atom stereocenters. The van der Waals surface area contributed by atoms with Crippen molar-refractivity contribution in [3.63, 3.8) is 0 Å². The third kappa shape index (κ3) is 2.06. The molecule has 0 aromatic carbocycles. The number of hydrogen-bond donors (Lipinski definition) is 2. The largest absolute Gasteiger partial charge is 0.381 e. The van der Waals surface area contributed by atoms with Gasteiger partial charge >= 0.3 is 0 Å². The lowest BCUT2D eigenvalue weighted by Gasteiger charge is -2.24. The first-order chi connectivity index (χ1) is 8.81. The summed E-state index contributed by atoms with van der Waals surface area (Å²) in [4.78, 5) is 0. The standard InChI is InChI=1S/C12H19BrN4O/c13-10-11(8-2-5-18-6-3-8)16-17-9(7-14)1-4-15-12(10)17/h8-9,15H,1-7,14H2. The van der Waals surface area contributed by atoms with Gasteiger partial charge in [0.05, 0.1) is 16.2 Å². The zero-order valence-electron chi connectivity index (χ0n) is 10.4. The highest BCUT2D eigenvalue weighted by Gasteiger charge is 2.29. The molecule has 1 aromatic rings. The summed E-state index contributed by atoms with van der Waals surface area (Å²) < 4.78 is 8.61. The van der Waals surface area contributed by atoms with Crippen LogP contribution in [-0.4, -0.2) is 36.1 Å². The van der Waals surface area contributed by atoms with E-state index in [0.717, 1.165) is 49.3 Å². The maximum atomic E-state index is 5.83. The summed E-state index contributed by atoms with van der Waals surface area (Å²) >= 11 is 3.70. The molecule has 0 amide bonds. The summed E-state index contributed by atoms with van der Waals surface area (Å²) in [6.07, 6.45) is 3.16. The van der Waals surface area contributed by atoms with Crippen LogP contribution in [0.2, 0.25) is 0 Å². The van der Waals surface area contributed by atoms with Crippen molar-refractivity contribution in [3.8, 4) is 0 Å². The molecule has 5 nitrogen and oxygen atoms in total. The molecular formula is C12H19BrN4O. The number of fused-ring (bicyclic) bond motifs is 1. The first kappa shape index (κ1) is 12.4. The molecule has 6 heteroatoms. The van der Waals surface area contributed by atoms with Crippen molar-refractivity contribution in [2.75, 3.05) is 31.6 Å². The van der Waals surface area contributed by atoms with Crippen LogP contribution in [0.4, 0.5) is 5.82 Å². The molecule has 18 heavy (non-hydrogen) atoms. The van der Waals surface area contributed by atoms with Crippen LogP contribution in [0.25, 0.3) is 0 Å². The summed E-state index contributed by atoms with van der Waals surface area (Å²) in [6, 6.07) is 0.325. The topological polar surface area (TPSA) is 65.1 Å². The molecular weight excluding hydrogens is 296 g/mol. The second-order valence-electron chi connectivity index (χ2n) is 4.98. The van der Waals surface area contributed by atoms with E-state index in [0.29, 0.717) is 18.5 Å². The average Bonchev–Trinajstić information content (AvgIpc) is 2.77. The summed E-state index contributed by atoms with van der Waals surface area (Å²) in [5, 5.41) is 8.22. The summed E-state index contributed by atoms with van der Waals surface area (Å²) in [5.74, 6) is 1.60. The highest BCUT2D eigenvalue weighted by molar-refractivity contribution is 9.10. The Bertz CT molecular complexity index is 428. The number of rotatable bonds is 2. The van der Waals surface area contributed by atoms with Gasteiger partial charge in [-0.15, -0.1) is 0 Å². The van der Waals surface area contributed by atoms with Crippen molar-refractivity contribution in [1.82, 2.24) is 9.78 Å². The van der Waals surface area contributed by atoms with Crippen molar-refractivity contribution in [1.29, 1.82) is 0 Å². The minimum atomic E-state index is 0.325. The molecule has 3 heterocycles. The zero-order valence-corrected chi connectivity index (χ0v) is 11.9. The lowest BCUT2D eigenvalue weighted by Crippen LogP contribution is -2.29. The fourth-order valence-corrected chi connectivity index (χ4v) is 3.51. The van der Waals surface area contributed by atoms with Crippen LogP contribution in [-0.2, 0) is 4.74 Å². The van der Waals surface area contributed by atoms with Crippen molar-refractivity contribution < 1.29 is 4.74 Å². The molecule has 0 radical (unpaired) electrons. The van der Waals surface area contributed by atoms with E-state index in [2.05, 4.69) is 25.9 Å². The average molecular weight is 315 g/mol. The SMILES string of the molecule is NCC1CCNc2c(Br)c(C3CCOCC3)nn21. The van der Waals surface area contributed by atoms with Crippen LogP contribution in [0.15, 0.2) is 4.47 Å². The van der Waals surface area contributed by atoms with E-state index >= 15 is 0 Å². The number of aromatic nitrogens is 2. The van der Waals surface area contributed by atoms with Gasteiger partial charge in [0, 0.05) is 32.2 Å². The van der Waals surface area contributed by atoms with Gasteiger partial charge in [0.1, 0.15) is 5.82 Å². The molecule has 1 aromatic heterocycles. The Morgan fingerprint density at radius 2 is 2.17 bits per heavy atom. The van der Waals surface area contributed by atoms with Gasteiger partial charge in [0.2, 0.25) is 0 Å². The normalized spacial score (nSPS) is 24.7. The third-order valence-electron chi connectivity index (χ3n) is 3.87. The van der Waals surface area contributed by atoms with Gasteiger partial charge in [-0.05, 0) is 35.2 Å². The second-order valence-corrected chi connectivity index (χ2v) is 5.78. The van der Waals surface area contributed by atoms with Crippen LogP contribution < -0.4 is 11.1 Å². The minimum absolute atomic E-state index is 0.325. The highest BCUT2D eigenvalue weighted by atomic mass is 79.9. The number of hydrogen-bond acceptors (Lipinski definition) is 4. The van der Waals surface area contributed by atoms with E-state index in [-0.39, 0.29) is 0 Å². The van der Waals surface area contributed by atoms with Gasteiger partial charge in [-0.3, -0.25) is 0 Å². The molecule has 100 valence electrons. The van der Waals surface area contributed by atoms with E-state index in [1.807, 2.05) is 0 Å². The Morgan fingerprint density at radius 3 is 2.89 bits per heavy atom. The molecule has 0 spiro atoms. The number of ether oxygens (including phenoxy) is 1. The van der Waals surface area contributed by atoms with Crippen LogP contribution in [0.1, 0.15) is 36.9 Å². The number of halogens is 1.